The van der Waals surface area contributed by atoms with Gasteiger partial charge in [-0.1, -0.05) is 11.6 Å². The zero-order valence-electron chi connectivity index (χ0n) is 9.83. The van der Waals surface area contributed by atoms with Crippen molar-refractivity contribution >= 4 is 41.3 Å². The molecule has 1 aromatic rings. The van der Waals surface area contributed by atoms with Crippen molar-refractivity contribution in [2.24, 2.45) is 0 Å². The maximum absolute atomic E-state index is 12.2. The molecule has 0 aromatic carbocycles. The number of rotatable bonds is 1. The molecular formula is C11H16Cl2N2OS. The second-order valence-electron chi connectivity index (χ2n) is 4.17. The van der Waals surface area contributed by atoms with Gasteiger partial charge in [0.1, 0.15) is 4.88 Å². The van der Waals surface area contributed by atoms with Crippen LogP contribution < -0.4 is 5.32 Å². The van der Waals surface area contributed by atoms with Gasteiger partial charge in [-0.15, -0.1) is 23.7 Å². The second kappa shape index (κ2) is 6.05. The second-order valence-corrected chi connectivity index (χ2v) is 5.43. The normalized spacial score (nSPS) is 19.9. The van der Waals surface area contributed by atoms with Gasteiger partial charge >= 0.3 is 0 Å². The number of halogens is 2. The van der Waals surface area contributed by atoms with E-state index in [2.05, 4.69) is 12.2 Å². The Balaban J connectivity index is 0.00000144. The van der Waals surface area contributed by atoms with Crippen molar-refractivity contribution in [1.82, 2.24) is 10.2 Å². The first kappa shape index (κ1) is 14.8. The van der Waals surface area contributed by atoms with Gasteiger partial charge in [-0.3, -0.25) is 4.79 Å². The standard InChI is InChI=1S/C11H15ClN2OS.ClH/c1-7-6-16-10(9(7)12)11(15)14-4-3-13-8(2)5-14;/h6,8,13H,3-5H2,1-2H3;1H/t8-;/m0./s1. The van der Waals surface area contributed by atoms with E-state index in [1.165, 1.54) is 11.3 Å². The van der Waals surface area contributed by atoms with Gasteiger partial charge in [-0.25, -0.2) is 0 Å². The van der Waals surface area contributed by atoms with E-state index in [0.717, 1.165) is 25.2 Å². The predicted molar refractivity (Wildman–Crippen MR) is 74.7 cm³/mol. The number of thiophene rings is 1. The van der Waals surface area contributed by atoms with E-state index in [1.54, 1.807) is 0 Å². The summed E-state index contributed by atoms with van der Waals surface area (Å²) in [6.07, 6.45) is 0. The Kier molecular flexibility index (Phi) is 5.25. The van der Waals surface area contributed by atoms with E-state index in [9.17, 15) is 4.79 Å². The van der Waals surface area contributed by atoms with Crippen molar-refractivity contribution in [3.05, 3.63) is 20.8 Å². The molecule has 0 bridgehead atoms. The Hall–Kier alpha value is -0.290. The number of piperazine rings is 1. The molecule has 2 rings (SSSR count). The molecule has 3 nitrogen and oxygen atoms in total. The molecule has 6 heteroatoms. The van der Waals surface area contributed by atoms with Gasteiger partial charge in [-0.2, -0.15) is 0 Å². The quantitative estimate of drug-likeness (QED) is 0.863. The van der Waals surface area contributed by atoms with Gasteiger partial charge < -0.3 is 10.2 Å². The van der Waals surface area contributed by atoms with Crippen LogP contribution in [0.1, 0.15) is 22.2 Å². The molecule has 1 amide bonds. The highest BCUT2D eigenvalue weighted by Gasteiger charge is 2.24. The van der Waals surface area contributed by atoms with E-state index in [1.807, 2.05) is 17.2 Å². The number of aryl methyl sites for hydroxylation is 1. The minimum Gasteiger partial charge on any atom is -0.335 e. The van der Waals surface area contributed by atoms with Crippen LogP contribution in [0, 0.1) is 6.92 Å². The summed E-state index contributed by atoms with van der Waals surface area (Å²) in [5, 5.41) is 5.86. The van der Waals surface area contributed by atoms with Crippen molar-refractivity contribution in [3.63, 3.8) is 0 Å². The molecule has 1 aliphatic heterocycles. The van der Waals surface area contributed by atoms with Crippen molar-refractivity contribution < 1.29 is 4.79 Å². The molecule has 1 N–H and O–H groups in total. The van der Waals surface area contributed by atoms with Crippen LogP contribution in [0.2, 0.25) is 5.02 Å². The van der Waals surface area contributed by atoms with E-state index < -0.39 is 0 Å². The molecular weight excluding hydrogens is 279 g/mol. The van der Waals surface area contributed by atoms with Gasteiger partial charge in [0.15, 0.2) is 0 Å². The van der Waals surface area contributed by atoms with Crippen LogP contribution >= 0.6 is 35.3 Å². The molecule has 2 heterocycles. The third-order valence-electron chi connectivity index (χ3n) is 2.75. The van der Waals surface area contributed by atoms with Crippen LogP contribution in [0.5, 0.6) is 0 Å². The molecule has 0 aliphatic carbocycles. The molecule has 1 fully saturated rings. The smallest absolute Gasteiger partial charge is 0.265 e. The van der Waals surface area contributed by atoms with Crippen LogP contribution in [0.15, 0.2) is 5.38 Å². The van der Waals surface area contributed by atoms with Crippen LogP contribution in [-0.4, -0.2) is 36.5 Å². The average Bonchev–Trinajstić information content (AvgIpc) is 2.59. The molecule has 0 unspecified atom stereocenters. The highest BCUT2D eigenvalue weighted by atomic mass is 35.5. The summed E-state index contributed by atoms with van der Waals surface area (Å²) in [6, 6.07) is 0.359. The lowest BCUT2D eigenvalue weighted by molar-refractivity contribution is 0.0714. The topological polar surface area (TPSA) is 32.3 Å². The van der Waals surface area contributed by atoms with E-state index in [4.69, 9.17) is 11.6 Å². The van der Waals surface area contributed by atoms with Crippen LogP contribution in [0.3, 0.4) is 0 Å². The third-order valence-corrected chi connectivity index (χ3v) is 4.43. The summed E-state index contributed by atoms with van der Waals surface area (Å²) in [7, 11) is 0. The summed E-state index contributed by atoms with van der Waals surface area (Å²) in [5.74, 6) is 0.0662. The number of hydrogen-bond donors (Lipinski definition) is 1. The molecule has 0 saturated carbocycles. The third kappa shape index (κ3) is 3.13. The van der Waals surface area contributed by atoms with Gasteiger partial charge in [0.05, 0.1) is 5.02 Å². The first-order chi connectivity index (χ1) is 7.59. The molecule has 17 heavy (non-hydrogen) atoms. The highest BCUT2D eigenvalue weighted by Crippen LogP contribution is 2.28. The fraction of sp³-hybridized carbons (Fsp3) is 0.545. The average molecular weight is 295 g/mol. The fourth-order valence-corrected chi connectivity index (χ4v) is 3.08. The number of carbonyl (C=O) groups excluding carboxylic acids is 1. The van der Waals surface area contributed by atoms with Crippen LogP contribution in [0.4, 0.5) is 0 Å². The van der Waals surface area contributed by atoms with Gasteiger partial charge in [-0.05, 0) is 24.8 Å². The summed E-state index contributed by atoms with van der Waals surface area (Å²) in [4.78, 5) is 14.8. The molecule has 96 valence electrons. The van der Waals surface area contributed by atoms with E-state index in [0.29, 0.717) is 15.9 Å². The maximum Gasteiger partial charge on any atom is 0.265 e. The van der Waals surface area contributed by atoms with Gasteiger partial charge in [0.25, 0.3) is 5.91 Å². The predicted octanol–water partition coefficient (Wildman–Crippen LogP) is 2.57. The van der Waals surface area contributed by atoms with Crippen molar-refractivity contribution in [3.8, 4) is 0 Å². The Labute approximate surface area is 117 Å². The van der Waals surface area contributed by atoms with Crippen molar-refractivity contribution in [2.45, 2.75) is 19.9 Å². The summed E-state index contributed by atoms with van der Waals surface area (Å²) in [5.41, 5.74) is 0.984. The minimum absolute atomic E-state index is 0. The van der Waals surface area contributed by atoms with Gasteiger partial charge in [0, 0.05) is 25.7 Å². The summed E-state index contributed by atoms with van der Waals surface area (Å²) in [6.45, 7) is 6.38. The maximum atomic E-state index is 12.2. The molecule has 0 radical (unpaired) electrons. The largest absolute Gasteiger partial charge is 0.335 e. The Morgan fingerprint density at radius 2 is 2.35 bits per heavy atom. The minimum atomic E-state index is 0. The number of nitrogens with zero attached hydrogens (tertiary/aromatic N) is 1. The Morgan fingerprint density at radius 3 is 2.88 bits per heavy atom. The summed E-state index contributed by atoms with van der Waals surface area (Å²) < 4.78 is 0. The number of hydrogen-bond acceptors (Lipinski definition) is 3. The van der Waals surface area contributed by atoms with Crippen molar-refractivity contribution in [1.29, 1.82) is 0 Å². The molecule has 1 atom stereocenters. The first-order valence-electron chi connectivity index (χ1n) is 5.36. The van der Waals surface area contributed by atoms with Gasteiger partial charge in [0.2, 0.25) is 0 Å². The molecule has 1 aliphatic rings. The first-order valence-corrected chi connectivity index (χ1v) is 6.61. The zero-order valence-corrected chi connectivity index (χ0v) is 12.2. The number of carbonyl (C=O) groups is 1. The SMILES string of the molecule is Cc1csc(C(=O)N2CCN[C@@H](C)C2)c1Cl.Cl. The lowest BCUT2D eigenvalue weighted by Crippen LogP contribution is -2.51. The molecule has 0 spiro atoms. The Morgan fingerprint density at radius 1 is 1.65 bits per heavy atom. The van der Waals surface area contributed by atoms with E-state index >= 15 is 0 Å². The molecule has 1 aromatic heterocycles. The van der Waals surface area contributed by atoms with Crippen LogP contribution in [0.25, 0.3) is 0 Å². The lowest BCUT2D eigenvalue weighted by atomic mass is 10.2. The summed E-state index contributed by atoms with van der Waals surface area (Å²) >= 11 is 7.54. The lowest BCUT2D eigenvalue weighted by Gasteiger charge is -2.31. The monoisotopic (exact) mass is 294 g/mol. The molecule has 1 saturated heterocycles. The van der Waals surface area contributed by atoms with E-state index in [-0.39, 0.29) is 18.3 Å². The Bertz CT molecular complexity index is 408. The number of nitrogens with one attached hydrogen (secondary N) is 1. The highest BCUT2D eigenvalue weighted by molar-refractivity contribution is 7.13. The zero-order chi connectivity index (χ0) is 11.7. The fourth-order valence-electron chi connectivity index (χ4n) is 1.83. The van der Waals surface area contributed by atoms with Crippen molar-refractivity contribution in [2.75, 3.05) is 19.6 Å². The number of amides is 1. The van der Waals surface area contributed by atoms with Crippen LogP contribution in [-0.2, 0) is 0 Å².